The first-order valence-corrected chi connectivity index (χ1v) is 9.49. The van der Waals surface area contributed by atoms with Crippen molar-refractivity contribution in [2.45, 2.75) is 70.8 Å². The summed E-state index contributed by atoms with van der Waals surface area (Å²) in [5.41, 5.74) is 0.698. The summed E-state index contributed by atoms with van der Waals surface area (Å²) < 4.78 is 0. The molecule has 0 radical (unpaired) electrons. The standard InChI is InChI=1S/C17H24N2O4.C2H6/c20-15(21)4-2-13-5-8-17(16(13)22)11-14(19-23-17)3-1-12-6-9-18-10-7-12;1-2/h5,12,18H,1-4,6-11H2,(H,20,21);1-2H3. The summed E-state index contributed by atoms with van der Waals surface area (Å²) in [5, 5.41) is 16.3. The van der Waals surface area contributed by atoms with Crippen LogP contribution in [0.5, 0.6) is 0 Å². The molecule has 25 heavy (non-hydrogen) atoms. The van der Waals surface area contributed by atoms with Crippen LogP contribution in [-0.2, 0) is 14.4 Å². The summed E-state index contributed by atoms with van der Waals surface area (Å²) >= 11 is 0. The first-order chi connectivity index (χ1) is 12.1. The average Bonchev–Trinajstić information content (AvgIpc) is 3.19. The minimum atomic E-state index is -0.883. The van der Waals surface area contributed by atoms with E-state index in [0.29, 0.717) is 18.4 Å². The molecule has 1 saturated heterocycles. The van der Waals surface area contributed by atoms with Crippen molar-refractivity contribution in [2.24, 2.45) is 11.1 Å². The van der Waals surface area contributed by atoms with Crippen LogP contribution in [0.3, 0.4) is 0 Å². The van der Waals surface area contributed by atoms with Crippen molar-refractivity contribution in [3.63, 3.8) is 0 Å². The summed E-state index contributed by atoms with van der Waals surface area (Å²) in [6, 6.07) is 0. The summed E-state index contributed by atoms with van der Waals surface area (Å²) in [7, 11) is 0. The fourth-order valence-electron chi connectivity index (χ4n) is 3.68. The second-order valence-electron chi connectivity index (χ2n) is 6.81. The average molecular weight is 350 g/mol. The van der Waals surface area contributed by atoms with Crippen molar-refractivity contribution >= 4 is 17.5 Å². The number of aliphatic carboxylic acids is 1. The predicted octanol–water partition coefficient (Wildman–Crippen LogP) is 3.07. The number of carbonyl (C=O) groups excluding carboxylic acids is 1. The van der Waals surface area contributed by atoms with Crippen LogP contribution in [0.4, 0.5) is 0 Å². The van der Waals surface area contributed by atoms with Gasteiger partial charge < -0.3 is 15.3 Å². The molecule has 1 spiro atoms. The highest BCUT2D eigenvalue weighted by Gasteiger charge is 2.49. The fraction of sp³-hybridized carbons (Fsp3) is 0.737. The highest BCUT2D eigenvalue weighted by atomic mass is 16.7. The molecule has 2 heterocycles. The van der Waals surface area contributed by atoms with Crippen molar-refractivity contribution in [3.8, 4) is 0 Å². The molecule has 1 atom stereocenters. The summed E-state index contributed by atoms with van der Waals surface area (Å²) in [4.78, 5) is 28.7. The van der Waals surface area contributed by atoms with Crippen molar-refractivity contribution in [2.75, 3.05) is 13.1 Å². The van der Waals surface area contributed by atoms with Gasteiger partial charge in [-0.2, -0.15) is 0 Å². The van der Waals surface area contributed by atoms with Crippen LogP contribution in [-0.4, -0.2) is 41.3 Å². The third-order valence-corrected chi connectivity index (χ3v) is 5.13. The number of ketones is 1. The number of piperidine rings is 1. The highest BCUT2D eigenvalue weighted by Crippen LogP contribution is 2.39. The van der Waals surface area contributed by atoms with E-state index in [-0.39, 0.29) is 18.6 Å². The first kappa shape index (κ1) is 19.6. The van der Waals surface area contributed by atoms with Crippen molar-refractivity contribution in [1.82, 2.24) is 5.32 Å². The van der Waals surface area contributed by atoms with Crippen LogP contribution in [0.2, 0.25) is 0 Å². The Labute approximate surface area is 149 Å². The van der Waals surface area contributed by atoms with Gasteiger partial charge in [-0.3, -0.25) is 9.59 Å². The van der Waals surface area contributed by atoms with Gasteiger partial charge >= 0.3 is 5.97 Å². The SMILES string of the molecule is CC.O=C(O)CCC1=CCC2(CC(CCC3CCNCC3)=NO2)C1=O. The zero-order chi connectivity index (χ0) is 18.3. The van der Waals surface area contributed by atoms with E-state index in [0.717, 1.165) is 37.6 Å². The van der Waals surface area contributed by atoms with Crippen LogP contribution < -0.4 is 5.32 Å². The molecule has 3 rings (SSSR count). The molecule has 1 unspecified atom stereocenters. The Balaban J connectivity index is 0.00000109. The highest BCUT2D eigenvalue weighted by molar-refractivity contribution is 6.08. The van der Waals surface area contributed by atoms with Crippen molar-refractivity contribution in [1.29, 1.82) is 0 Å². The molecule has 6 nitrogen and oxygen atoms in total. The largest absolute Gasteiger partial charge is 0.481 e. The molecule has 0 aromatic rings. The number of Topliss-reactive ketones (excluding diaryl/α,β-unsaturated/α-hetero) is 1. The number of nitrogens with zero attached hydrogens (tertiary/aromatic N) is 1. The molecule has 1 aliphatic carbocycles. The number of hydrogen-bond acceptors (Lipinski definition) is 5. The quantitative estimate of drug-likeness (QED) is 0.768. The van der Waals surface area contributed by atoms with E-state index in [1.807, 2.05) is 19.9 Å². The van der Waals surface area contributed by atoms with Crippen LogP contribution >= 0.6 is 0 Å². The Morgan fingerprint density at radius 1 is 1.36 bits per heavy atom. The second-order valence-corrected chi connectivity index (χ2v) is 6.81. The van der Waals surface area contributed by atoms with Gasteiger partial charge in [0.15, 0.2) is 0 Å². The van der Waals surface area contributed by atoms with Crippen molar-refractivity contribution in [3.05, 3.63) is 11.6 Å². The van der Waals surface area contributed by atoms with Gasteiger partial charge in [0.2, 0.25) is 11.4 Å². The van der Waals surface area contributed by atoms with E-state index in [9.17, 15) is 9.59 Å². The molecule has 0 amide bonds. The molecular weight excluding hydrogens is 320 g/mol. The lowest BCUT2D eigenvalue weighted by molar-refractivity contribution is -0.137. The number of carbonyl (C=O) groups is 2. The molecule has 1 fully saturated rings. The molecule has 0 saturated carbocycles. The molecule has 140 valence electrons. The van der Waals surface area contributed by atoms with E-state index in [2.05, 4.69) is 10.5 Å². The van der Waals surface area contributed by atoms with Gasteiger partial charge in [0, 0.05) is 19.3 Å². The lowest BCUT2D eigenvalue weighted by Crippen LogP contribution is -2.36. The molecule has 0 bridgehead atoms. The van der Waals surface area contributed by atoms with E-state index < -0.39 is 11.6 Å². The normalized spacial score (nSPS) is 25.9. The smallest absolute Gasteiger partial charge is 0.303 e. The number of carboxylic acid groups (broad SMARTS) is 1. The second kappa shape index (κ2) is 9.13. The van der Waals surface area contributed by atoms with E-state index >= 15 is 0 Å². The van der Waals surface area contributed by atoms with Crippen LogP contribution in [0.15, 0.2) is 16.8 Å². The Kier molecular flexibility index (Phi) is 7.17. The number of nitrogens with one attached hydrogen (secondary N) is 1. The Hall–Kier alpha value is -1.69. The molecule has 2 N–H and O–H groups in total. The molecule has 6 heteroatoms. The molecule has 3 aliphatic rings. The number of carboxylic acids is 1. The molecule has 0 aromatic carbocycles. The lowest BCUT2D eigenvalue weighted by Gasteiger charge is -2.22. The Bertz CT molecular complexity index is 550. The van der Waals surface area contributed by atoms with Gasteiger partial charge in [-0.05, 0) is 56.7 Å². The van der Waals surface area contributed by atoms with Gasteiger partial charge in [0.25, 0.3) is 0 Å². The minimum Gasteiger partial charge on any atom is -0.481 e. The third-order valence-electron chi connectivity index (χ3n) is 5.13. The predicted molar refractivity (Wildman–Crippen MR) is 96.6 cm³/mol. The lowest BCUT2D eigenvalue weighted by atomic mass is 9.87. The number of rotatable bonds is 6. The molecule has 2 aliphatic heterocycles. The first-order valence-electron chi connectivity index (χ1n) is 9.49. The third kappa shape index (κ3) is 4.91. The maximum Gasteiger partial charge on any atom is 0.303 e. The topological polar surface area (TPSA) is 88.0 Å². The van der Waals surface area contributed by atoms with Crippen LogP contribution in [0, 0.1) is 5.92 Å². The van der Waals surface area contributed by atoms with E-state index in [4.69, 9.17) is 9.94 Å². The van der Waals surface area contributed by atoms with Gasteiger partial charge in [-0.25, -0.2) is 0 Å². The molecule has 0 aromatic heterocycles. The van der Waals surface area contributed by atoms with Crippen LogP contribution in [0.1, 0.15) is 65.2 Å². The van der Waals surface area contributed by atoms with E-state index in [1.54, 1.807) is 0 Å². The van der Waals surface area contributed by atoms with Crippen LogP contribution in [0.25, 0.3) is 0 Å². The van der Waals surface area contributed by atoms with Crippen molar-refractivity contribution < 1.29 is 19.5 Å². The molecular formula is C19H30N2O4. The summed E-state index contributed by atoms with van der Waals surface area (Å²) in [5.74, 6) is -0.218. The summed E-state index contributed by atoms with van der Waals surface area (Å²) in [6.45, 7) is 6.18. The monoisotopic (exact) mass is 350 g/mol. The fourth-order valence-corrected chi connectivity index (χ4v) is 3.68. The number of hydrogen-bond donors (Lipinski definition) is 2. The Morgan fingerprint density at radius 2 is 2.08 bits per heavy atom. The maximum absolute atomic E-state index is 12.5. The minimum absolute atomic E-state index is 0.0168. The van der Waals surface area contributed by atoms with Gasteiger partial charge in [0.05, 0.1) is 5.71 Å². The Morgan fingerprint density at radius 3 is 2.76 bits per heavy atom. The van der Waals surface area contributed by atoms with Gasteiger partial charge in [-0.15, -0.1) is 0 Å². The number of oxime groups is 1. The van der Waals surface area contributed by atoms with Gasteiger partial charge in [0.1, 0.15) is 0 Å². The van der Waals surface area contributed by atoms with E-state index in [1.165, 1.54) is 12.8 Å². The maximum atomic E-state index is 12.5. The summed E-state index contributed by atoms with van der Waals surface area (Å²) in [6.07, 6.45) is 7.58. The van der Waals surface area contributed by atoms with Gasteiger partial charge in [-0.1, -0.05) is 25.1 Å². The zero-order valence-electron chi connectivity index (χ0n) is 15.3. The zero-order valence-corrected chi connectivity index (χ0v) is 15.3.